The van der Waals surface area contributed by atoms with Crippen LogP contribution in [0.1, 0.15) is 19.8 Å². The molecule has 6 heteroatoms. The fraction of sp³-hybridized carbons (Fsp3) is 0.421. The van der Waals surface area contributed by atoms with Crippen LogP contribution in [0.15, 0.2) is 36.7 Å². The molecule has 1 spiro atoms. The number of halogens is 1. The summed E-state index contributed by atoms with van der Waals surface area (Å²) in [5.41, 5.74) is 2.40. The molecule has 0 N–H and O–H groups in total. The van der Waals surface area contributed by atoms with Crippen LogP contribution in [0.4, 0.5) is 5.82 Å². The SMILES string of the molecule is CC(=O)N1CCC2(CC1)CN(c1cc(-c3cccnc3)cc(Cl)n1)C2. The van der Waals surface area contributed by atoms with Gasteiger partial charge in [-0.25, -0.2) is 4.98 Å². The first-order valence-electron chi connectivity index (χ1n) is 8.63. The van der Waals surface area contributed by atoms with E-state index < -0.39 is 0 Å². The first-order chi connectivity index (χ1) is 12.0. The number of piperidine rings is 1. The minimum absolute atomic E-state index is 0.184. The van der Waals surface area contributed by atoms with E-state index in [1.807, 2.05) is 29.3 Å². The first kappa shape index (κ1) is 16.3. The molecule has 2 aliphatic heterocycles. The van der Waals surface area contributed by atoms with Gasteiger partial charge in [0.15, 0.2) is 0 Å². The highest BCUT2D eigenvalue weighted by Crippen LogP contribution is 2.43. The van der Waals surface area contributed by atoms with Gasteiger partial charge in [-0.15, -0.1) is 0 Å². The van der Waals surface area contributed by atoms with Crippen molar-refractivity contribution in [3.63, 3.8) is 0 Å². The maximum Gasteiger partial charge on any atom is 0.219 e. The lowest BCUT2D eigenvalue weighted by Crippen LogP contribution is -2.61. The largest absolute Gasteiger partial charge is 0.355 e. The molecule has 0 unspecified atom stereocenters. The zero-order valence-corrected chi connectivity index (χ0v) is 15.0. The smallest absolute Gasteiger partial charge is 0.219 e. The van der Waals surface area contributed by atoms with Gasteiger partial charge >= 0.3 is 0 Å². The van der Waals surface area contributed by atoms with Gasteiger partial charge in [0.25, 0.3) is 0 Å². The maximum absolute atomic E-state index is 11.5. The standard InChI is InChI=1S/C19H21ClN4O/c1-14(25)23-7-4-19(5-8-23)12-24(13-19)18-10-16(9-17(20)22-18)15-3-2-6-21-11-15/h2-3,6,9-11H,4-5,7-8,12-13H2,1H3. The molecule has 130 valence electrons. The monoisotopic (exact) mass is 356 g/mol. The van der Waals surface area contributed by atoms with E-state index in [1.165, 1.54) is 0 Å². The third-order valence-electron chi connectivity index (χ3n) is 5.42. The predicted octanol–water partition coefficient (Wildman–Crippen LogP) is 3.25. The average Bonchev–Trinajstić information content (AvgIpc) is 2.60. The second-order valence-corrected chi connectivity index (χ2v) is 7.53. The van der Waals surface area contributed by atoms with Crippen molar-refractivity contribution >= 4 is 23.3 Å². The molecule has 2 aliphatic rings. The lowest BCUT2D eigenvalue weighted by molar-refractivity contribution is -0.131. The number of hydrogen-bond donors (Lipinski definition) is 0. The molecule has 0 aliphatic carbocycles. The number of nitrogens with zero attached hydrogens (tertiary/aromatic N) is 4. The summed E-state index contributed by atoms with van der Waals surface area (Å²) in [5.74, 6) is 1.11. The van der Waals surface area contributed by atoms with Crippen molar-refractivity contribution < 1.29 is 4.79 Å². The minimum Gasteiger partial charge on any atom is -0.355 e. The Morgan fingerprint density at radius 3 is 2.60 bits per heavy atom. The van der Waals surface area contributed by atoms with E-state index in [1.54, 1.807) is 13.1 Å². The van der Waals surface area contributed by atoms with Crippen molar-refractivity contribution in [2.75, 3.05) is 31.1 Å². The Morgan fingerprint density at radius 2 is 1.96 bits per heavy atom. The summed E-state index contributed by atoms with van der Waals surface area (Å²) in [6.07, 6.45) is 5.74. The molecule has 2 aromatic heterocycles. The Balaban J connectivity index is 1.48. The summed E-state index contributed by atoms with van der Waals surface area (Å²) in [6, 6.07) is 7.91. The van der Waals surface area contributed by atoms with E-state index >= 15 is 0 Å². The second kappa shape index (κ2) is 6.30. The van der Waals surface area contributed by atoms with E-state index in [9.17, 15) is 4.79 Å². The molecular formula is C19H21ClN4O. The Bertz CT molecular complexity index is 779. The summed E-state index contributed by atoms with van der Waals surface area (Å²) in [7, 11) is 0. The molecule has 0 aromatic carbocycles. The molecule has 4 heterocycles. The van der Waals surface area contributed by atoms with Gasteiger partial charge in [-0.2, -0.15) is 0 Å². The van der Waals surface area contributed by atoms with Crippen molar-refractivity contribution in [2.24, 2.45) is 5.41 Å². The van der Waals surface area contributed by atoms with Gasteiger partial charge in [-0.05, 0) is 36.6 Å². The van der Waals surface area contributed by atoms with Crippen LogP contribution in [-0.4, -0.2) is 47.0 Å². The van der Waals surface area contributed by atoms with Crippen molar-refractivity contribution in [1.82, 2.24) is 14.9 Å². The van der Waals surface area contributed by atoms with Crippen molar-refractivity contribution in [3.05, 3.63) is 41.8 Å². The molecule has 0 bridgehead atoms. The fourth-order valence-electron chi connectivity index (χ4n) is 3.88. The van der Waals surface area contributed by atoms with Crippen LogP contribution in [-0.2, 0) is 4.79 Å². The van der Waals surface area contributed by atoms with Crippen LogP contribution >= 0.6 is 11.6 Å². The Labute approximate surface area is 152 Å². The number of aromatic nitrogens is 2. The molecule has 0 atom stereocenters. The quantitative estimate of drug-likeness (QED) is 0.775. The molecule has 2 fully saturated rings. The van der Waals surface area contributed by atoms with E-state index in [0.717, 1.165) is 56.0 Å². The molecule has 4 rings (SSSR count). The highest BCUT2D eigenvalue weighted by molar-refractivity contribution is 6.29. The molecule has 5 nitrogen and oxygen atoms in total. The average molecular weight is 357 g/mol. The number of carbonyl (C=O) groups is 1. The summed E-state index contributed by atoms with van der Waals surface area (Å²) >= 11 is 6.25. The van der Waals surface area contributed by atoms with E-state index in [0.29, 0.717) is 10.6 Å². The lowest BCUT2D eigenvalue weighted by Gasteiger charge is -2.54. The van der Waals surface area contributed by atoms with Crippen LogP contribution in [0.5, 0.6) is 0 Å². The van der Waals surface area contributed by atoms with Crippen LogP contribution in [0, 0.1) is 5.41 Å². The third kappa shape index (κ3) is 3.21. The van der Waals surface area contributed by atoms with Crippen molar-refractivity contribution in [1.29, 1.82) is 0 Å². The molecule has 2 saturated heterocycles. The molecule has 0 radical (unpaired) electrons. The summed E-state index contributed by atoms with van der Waals surface area (Å²) < 4.78 is 0. The summed E-state index contributed by atoms with van der Waals surface area (Å²) in [5, 5.41) is 0.503. The number of hydrogen-bond acceptors (Lipinski definition) is 4. The number of amides is 1. The lowest BCUT2D eigenvalue weighted by atomic mass is 9.72. The van der Waals surface area contributed by atoms with Gasteiger partial charge in [0.2, 0.25) is 5.91 Å². The van der Waals surface area contributed by atoms with Crippen LogP contribution < -0.4 is 4.90 Å². The Morgan fingerprint density at radius 1 is 1.20 bits per heavy atom. The van der Waals surface area contributed by atoms with Crippen LogP contribution in [0.2, 0.25) is 5.15 Å². The molecule has 0 saturated carbocycles. The summed E-state index contributed by atoms with van der Waals surface area (Å²) in [6.45, 7) is 5.36. The maximum atomic E-state index is 11.5. The van der Waals surface area contributed by atoms with Gasteiger partial charge < -0.3 is 9.80 Å². The topological polar surface area (TPSA) is 49.3 Å². The van der Waals surface area contributed by atoms with Crippen LogP contribution in [0.25, 0.3) is 11.1 Å². The Hall–Kier alpha value is -2.14. The zero-order valence-electron chi connectivity index (χ0n) is 14.3. The third-order valence-corrected chi connectivity index (χ3v) is 5.62. The number of pyridine rings is 2. The summed E-state index contributed by atoms with van der Waals surface area (Å²) in [4.78, 5) is 24.4. The van der Waals surface area contributed by atoms with E-state index in [4.69, 9.17) is 11.6 Å². The van der Waals surface area contributed by atoms with Gasteiger partial charge in [0.1, 0.15) is 11.0 Å². The van der Waals surface area contributed by atoms with Gasteiger partial charge in [0, 0.05) is 56.5 Å². The van der Waals surface area contributed by atoms with Gasteiger partial charge in [0.05, 0.1) is 0 Å². The first-order valence-corrected chi connectivity index (χ1v) is 9.01. The fourth-order valence-corrected chi connectivity index (χ4v) is 4.09. The molecule has 1 amide bonds. The molecule has 2 aromatic rings. The van der Waals surface area contributed by atoms with E-state index in [-0.39, 0.29) is 5.91 Å². The van der Waals surface area contributed by atoms with Crippen molar-refractivity contribution in [2.45, 2.75) is 19.8 Å². The van der Waals surface area contributed by atoms with Gasteiger partial charge in [-0.3, -0.25) is 9.78 Å². The Kier molecular flexibility index (Phi) is 4.12. The number of anilines is 1. The minimum atomic E-state index is 0.184. The predicted molar refractivity (Wildman–Crippen MR) is 98.6 cm³/mol. The van der Waals surface area contributed by atoms with E-state index in [2.05, 4.69) is 20.9 Å². The number of carbonyl (C=O) groups excluding carboxylic acids is 1. The highest BCUT2D eigenvalue weighted by Gasteiger charge is 2.45. The molecule has 25 heavy (non-hydrogen) atoms. The van der Waals surface area contributed by atoms with Crippen molar-refractivity contribution in [3.8, 4) is 11.1 Å². The molecular weight excluding hydrogens is 336 g/mol. The normalized spacial score (nSPS) is 19.0. The zero-order chi connectivity index (χ0) is 17.4. The number of rotatable bonds is 2. The second-order valence-electron chi connectivity index (χ2n) is 7.14. The number of likely N-dealkylation sites (tertiary alicyclic amines) is 1. The van der Waals surface area contributed by atoms with Gasteiger partial charge in [-0.1, -0.05) is 17.7 Å². The highest BCUT2D eigenvalue weighted by atomic mass is 35.5. The van der Waals surface area contributed by atoms with Crippen LogP contribution in [0.3, 0.4) is 0 Å².